The number of carbonyl (C=O) groups is 2. The molecule has 0 saturated heterocycles. The Bertz CT molecular complexity index is 650. The zero-order valence-corrected chi connectivity index (χ0v) is 13.5. The Balaban J connectivity index is 1.93. The molecule has 1 atom stereocenters. The summed E-state index contributed by atoms with van der Waals surface area (Å²) in [6, 6.07) is 3.04. The van der Waals surface area contributed by atoms with E-state index in [1.807, 2.05) is 22.9 Å². The van der Waals surface area contributed by atoms with E-state index in [4.69, 9.17) is 5.11 Å². The molecule has 2 aromatic heterocycles. The second-order valence-electron chi connectivity index (χ2n) is 4.62. The number of hydrogen-bond acceptors (Lipinski definition) is 5. The van der Waals surface area contributed by atoms with Gasteiger partial charge in [0.1, 0.15) is 11.0 Å². The molecule has 2 rings (SSSR count). The molecule has 0 radical (unpaired) electrons. The summed E-state index contributed by atoms with van der Waals surface area (Å²) in [5.41, 5.74) is 0.652. The van der Waals surface area contributed by atoms with Gasteiger partial charge in [-0.15, -0.1) is 29.3 Å². The Labute approximate surface area is 136 Å². The van der Waals surface area contributed by atoms with Crippen LogP contribution in [0, 0.1) is 0 Å². The van der Waals surface area contributed by atoms with Crippen LogP contribution in [0.25, 0.3) is 9.88 Å². The van der Waals surface area contributed by atoms with E-state index in [2.05, 4.69) is 16.9 Å². The number of carbonyl (C=O) groups excluding carboxylic acids is 1. The molecule has 0 saturated carbocycles. The fraction of sp³-hybridized carbons (Fsp3) is 0.267. The van der Waals surface area contributed by atoms with E-state index in [9.17, 15) is 9.59 Å². The average molecular weight is 336 g/mol. The predicted molar refractivity (Wildman–Crippen MR) is 88.1 cm³/mol. The number of hydrogen-bond donors (Lipinski definition) is 2. The van der Waals surface area contributed by atoms with Gasteiger partial charge in [0.15, 0.2) is 0 Å². The van der Waals surface area contributed by atoms with Crippen LogP contribution in [0.5, 0.6) is 0 Å². The number of carboxylic acid groups (broad SMARTS) is 1. The summed E-state index contributed by atoms with van der Waals surface area (Å²) < 4.78 is 0. The number of nitrogens with one attached hydrogen (secondary N) is 1. The van der Waals surface area contributed by atoms with Crippen molar-refractivity contribution < 1.29 is 14.7 Å². The molecule has 1 amide bonds. The largest absolute Gasteiger partial charge is 0.480 e. The highest BCUT2D eigenvalue weighted by Crippen LogP contribution is 2.27. The molecule has 7 heteroatoms. The smallest absolute Gasteiger partial charge is 0.326 e. The molecule has 0 fully saturated rings. The Morgan fingerprint density at radius 1 is 1.45 bits per heavy atom. The molecule has 0 spiro atoms. The van der Waals surface area contributed by atoms with Gasteiger partial charge in [0.25, 0.3) is 0 Å². The van der Waals surface area contributed by atoms with Gasteiger partial charge in [-0.25, -0.2) is 9.78 Å². The van der Waals surface area contributed by atoms with E-state index in [1.165, 1.54) is 11.3 Å². The number of allylic oxidation sites excluding steroid dienone is 1. The molecular formula is C15H16N2O3S2. The third kappa shape index (κ3) is 4.51. The molecule has 0 aromatic carbocycles. The zero-order valence-electron chi connectivity index (χ0n) is 11.8. The topological polar surface area (TPSA) is 79.3 Å². The van der Waals surface area contributed by atoms with Gasteiger partial charge in [-0.1, -0.05) is 12.1 Å². The number of rotatable bonds is 8. The summed E-state index contributed by atoms with van der Waals surface area (Å²) in [7, 11) is 0. The summed E-state index contributed by atoms with van der Waals surface area (Å²) >= 11 is 3.07. The van der Waals surface area contributed by atoms with Gasteiger partial charge in [0, 0.05) is 5.38 Å². The zero-order chi connectivity index (χ0) is 15.9. The fourth-order valence-electron chi connectivity index (χ4n) is 1.85. The van der Waals surface area contributed by atoms with Gasteiger partial charge in [0.05, 0.1) is 17.0 Å². The van der Waals surface area contributed by atoms with E-state index in [-0.39, 0.29) is 12.3 Å². The number of thiazole rings is 1. The van der Waals surface area contributed by atoms with Crippen molar-refractivity contribution in [2.45, 2.75) is 25.3 Å². The maximum absolute atomic E-state index is 12.0. The maximum atomic E-state index is 12.0. The van der Waals surface area contributed by atoms with Gasteiger partial charge in [-0.3, -0.25) is 4.79 Å². The molecular weight excluding hydrogens is 320 g/mol. The lowest BCUT2D eigenvalue weighted by molar-refractivity contribution is -0.141. The van der Waals surface area contributed by atoms with Crippen LogP contribution in [-0.2, 0) is 16.0 Å². The third-order valence-corrected chi connectivity index (χ3v) is 4.85. The van der Waals surface area contributed by atoms with Crippen molar-refractivity contribution in [2.75, 3.05) is 0 Å². The summed E-state index contributed by atoms with van der Waals surface area (Å²) in [6.07, 6.45) is 2.59. The maximum Gasteiger partial charge on any atom is 0.326 e. The average Bonchev–Trinajstić information content (AvgIpc) is 3.13. The van der Waals surface area contributed by atoms with Crippen molar-refractivity contribution in [3.8, 4) is 9.88 Å². The molecule has 0 aliphatic rings. The number of nitrogens with zero attached hydrogens (tertiary/aromatic N) is 1. The number of thiophene rings is 1. The van der Waals surface area contributed by atoms with Crippen molar-refractivity contribution in [3.63, 3.8) is 0 Å². The van der Waals surface area contributed by atoms with Gasteiger partial charge in [0.2, 0.25) is 5.91 Å². The van der Waals surface area contributed by atoms with Crippen molar-refractivity contribution in [2.24, 2.45) is 0 Å². The second kappa shape index (κ2) is 7.86. The van der Waals surface area contributed by atoms with Crippen LogP contribution < -0.4 is 5.32 Å². The molecule has 1 unspecified atom stereocenters. The van der Waals surface area contributed by atoms with Crippen molar-refractivity contribution in [1.29, 1.82) is 0 Å². The summed E-state index contributed by atoms with van der Waals surface area (Å²) in [4.78, 5) is 28.5. The minimum atomic E-state index is -1.03. The van der Waals surface area contributed by atoms with Crippen LogP contribution >= 0.6 is 22.7 Å². The lowest BCUT2D eigenvalue weighted by Crippen LogP contribution is -2.41. The Morgan fingerprint density at radius 2 is 2.27 bits per heavy atom. The SMILES string of the molecule is C=CCCC(NC(=O)Cc1csc(-c2cccs2)n1)C(=O)O. The van der Waals surface area contributed by atoms with E-state index in [0.717, 1.165) is 9.88 Å². The Morgan fingerprint density at radius 3 is 2.91 bits per heavy atom. The standard InChI is InChI=1S/C15H16N2O3S2/c1-2-3-5-11(15(19)20)17-13(18)8-10-9-22-14(16-10)12-6-4-7-21-12/h2,4,6-7,9,11H,1,3,5,8H2,(H,17,18)(H,19,20). The summed E-state index contributed by atoms with van der Waals surface area (Å²) in [5.74, 6) is -1.37. The van der Waals surface area contributed by atoms with Crippen molar-refractivity contribution >= 4 is 34.6 Å². The van der Waals surface area contributed by atoms with Gasteiger partial charge in [-0.05, 0) is 24.3 Å². The van der Waals surface area contributed by atoms with Crippen LogP contribution in [0.1, 0.15) is 18.5 Å². The number of carboxylic acids is 1. The Kier molecular flexibility index (Phi) is 5.85. The van der Waals surface area contributed by atoms with Gasteiger partial charge < -0.3 is 10.4 Å². The monoisotopic (exact) mass is 336 g/mol. The quantitative estimate of drug-likeness (QED) is 0.726. The van der Waals surface area contributed by atoms with Crippen molar-refractivity contribution in [1.82, 2.24) is 10.3 Å². The first-order chi connectivity index (χ1) is 10.6. The van der Waals surface area contributed by atoms with Crippen LogP contribution in [0.3, 0.4) is 0 Å². The highest BCUT2D eigenvalue weighted by Gasteiger charge is 2.19. The molecule has 22 heavy (non-hydrogen) atoms. The Hall–Kier alpha value is -1.99. The molecule has 2 heterocycles. The number of aromatic nitrogens is 1. The molecule has 116 valence electrons. The fourth-order valence-corrected chi connectivity index (χ4v) is 3.49. The first-order valence-corrected chi connectivity index (χ1v) is 8.47. The summed E-state index contributed by atoms with van der Waals surface area (Å²) in [6.45, 7) is 3.55. The first kappa shape index (κ1) is 16.4. The van der Waals surface area contributed by atoms with E-state index >= 15 is 0 Å². The van der Waals surface area contributed by atoms with Crippen LogP contribution in [0.4, 0.5) is 0 Å². The molecule has 5 nitrogen and oxygen atoms in total. The van der Waals surface area contributed by atoms with Crippen LogP contribution in [0.2, 0.25) is 0 Å². The van der Waals surface area contributed by atoms with Gasteiger partial charge in [-0.2, -0.15) is 0 Å². The molecule has 2 aromatic rings. The first-order valence-electron chi connectivity index (χ1n) is 6.71. The van der Waals surface area contributed by atoms with Gasteiger partial charge >= 0.3 is 5.97 Å². The van der Waals surface area contributed by atoms with Crippen LogP contribution in [0.15, 0.2) is 35.5 Å². The molecule has 0 aliphatic carbocycles. The lowest BCUT2D eigenvalue weighted by atomic mass is 10.1. The minimum absolute atomic E-state index is 0.0831. The highest BCUT2D eigenvalue weighted by atomic mass is 32.1. The molecule has 0 bridgehead atoms. The minimum Gasteiger partial charge on any atom is -0.480 e. The highest BCUT2D eigenvalue weighted by molar-refractivity contribution is 7.20. The summed E-state index contributed by atoms with van der Waals surface area (Å²) in [5, 5.41) is 16.3. The lowest BCUT2D eigenvalue weighted by Gasteiger charge is -2.12. The third-order valence-electron chi connectivity index (χ3n) is 2.92. The van der Waals surface area contributed by atoms with E-state index in [0.29, 0.717) is 18.5 Å². The molecule has 2 N–H and O–H groups in total. The van der Waals surface area contributed by atoms with Crippen LogP contribution in [-0.4, -0.2) is 28.0 Å². The normalized spacial score (nSPS) is 11.8. The second-order valence-corrected chi connectivity index (χ2v) is 6.43. The molecule has 0 aliphatic heterocycles. The predicted octanol–water partition coefficient (Wildman–Crippen LogP) is 2.95. The number of aliphatic carboxylic acids is 1. The van der Waals surface area contributed by atoms with Crippen molar-refractivity contribution in [3.05, 3.63) is 41.2 Å². The van der Waals surface area contributed by atoms with E-state index in [1.54, 1.807) is 17.4 Å². The number of amides is 1. The van der Waals surface area contributed by atoms with E-state index < -0.39 is 12.0 Å².